The zero-order chi connectivity index (χ0) is 11.5. The van der Waals surface area contributed by atoms with Crippen LogP contribution in [0.2, 0.25) is 0 Å². The summed E-state index contributed by atoms with van der Waals surface area (Å²) in [5, 5.41) is 26.1. The van der Waals surface area contributed by atoms with E-state index in [1.165, 1.54) is 0 Å². The van der Waals surface area contributed by atoms with Gasteiger partial charge in [0.05, 0.1) is 0 Å². The van der Waals surface area contributed by atoms with Gasteiger partial charge in [-0.25, -0.2) is 4.79 Å². The summed E-state index contributed by atoms with van der Waals surface area (Å²) in [4.78, 5) is 11.3. The molecule has 0 heterocycles. The van der Waals surface area contributed by atoms with Crippen molar-refractivity contribution in [1.29, 1.82) is 0 Å². The fraction of sp³-hybridized carbons (Fsp3) is 0.700. The van der Waals surface area contributed by atoms with Crippen molar-refractivity contribution in [3.63, 3.8) is 0 Å². The molecule has 0 aliphatic heterocycles. The van der Waals surface area contributed by atoms with E-state index < -0.39 is 17.5 Å². The molecule has 5 heteroatoms. The van der Waals surface area contributed by atoms with Gasteiger partial charge in [-0.1, -0.05) is 13.0 Å². The van der Waals surface area contributed by atoms with Gasteiger partial charge in [-0.05, 0) is 25.7 Å². The normalized spacial score (nSPS) is 18.6. The summed E-state index contributed by atoms with van der Waals surface area (Å²) in [6.45, 7) is 3.07. The predicted molar refractivity (Wildman–Crippen MR) is 51.5 cm³/mol. The van der Waals surface area contributed by atoms with Crippen molar-refractivity contribution in [2.24, 2.45) is 0 Å². The van der Waals surface area contributed by atoms with Gasteiger partial charge in [0.25, 0.3) is 0 Å². The SMILES string of the molecule is C=C(C(=O)OC1CCCCC1)C(O)(O)O. The first kappa shape index (κ1) is 12.2. The third-order valence-electron chi connectivity index (χ3n) is 2.48. The Morgan fingerprint density at radius 2 is 1.73 bits per heavy atom. The molecule has 0 aromatic carbocycles. The molecule has 86 valence electrons. The highest BCUT2D eigenvalue weighted by molar-refractivity contribution is 5.89. The molecular weight excluding hydrogens is 200 g/mol. The minimum absolute atomic E-state index is 0.203. The first-order valence-corrected chi connectivity index (χ1v) is 4.98. The van der Waals surface area contributed by atoms with Crippen molar-refractivity contribution in [2.45, 2.75) is 44.2 Å². The maximum atomic E-state index is 11.3. The number of hydrogen-bond acceptors (Lipinski definition) is 5. The van der Waals surface area contributed by atoms with Gasteiger partial charge in [0.1, 0.15) is 11.7 Å². The van der Waals surface area contributed by atoms with Crippen LogP contribution in [0.5, 0.6) is 0 Å². The van der Waals surface area contributed by atoms with Crippen molar-refractivity contribution in [3.05, 3.63) is 12.2 Å². The third kappa shape index (κ3) is 3.62. The van der Waals surface area contributed by atoms with Gasteiger partial charge in [0.2, 0.25) is 0 Å². The van der Waals surface area contributed by atoms with E-state index >= 15 is 0 Å². The van der Waals surface area contributed by atoms with Gasteiger partial charge in [-0.2, -0.15) is 0 Å². The molecule has 0 aromatic heterocycles. The molecule has 0 bridgehead atoms. The Labute approximate surface area is 88.0 Å². The summed E-state index contributed by atoms with van der Waals surface area (Å²) in [6, 6.07) is 0. The van der Waals surface area contributed by atoms with E-state index in [2.05, 4.69) is 6.58 Å². The molecule has 1 aliphatic rings. The quantitative estimate of drug-likeness (QED) is 0.352. The van der Waals surface area contributed by atoms with Crippen molar-refractivity contribution < 1.29 is 24.9 Å². The Hall–Kier alpha value is -0.910. The van der Waals surface area contributed by atoms with Crippen molar-refractivity contribution in [2.75, 3.05) is 0 Å². The lowest BCUT2D eigenvalue weighted by Gasteiger charge is -2.23. The largest absolute Gasteiger partial charge is 0.459 e. The van der Waals surface area contributed by atoms with Crippen LogP contribution in [0, 0.1) is 0 Å². The molecule has 0 saturated heterocycles. The second-order valence-corrected chi connectivity index (χ2v) is 3.78. The van der Waals surface area contributed by atoms with Crippen LogP contribution in [-0.4, -0.2) is 33.4 Å². The van der Waals surface area contributed by atoms with E-state index in [-0.39, 0.29) is 6.10 Å². The Morgan fingerprint density at radius 1 is 1.20 bits per heavy atom. The molecular formula is C10H16O5. The number of carbonyl (C=O) groups excluding carboxylic acids is 1. The minimum atomic E-state index is -3.19. The molecule has 1 fully saturated rings. The lowest BCUT2D eigenvalue weighted by molar-refractivity contribution is -0.282. The Bertz CT molecular complexity index is 247. The topological polar surface area (TPSA) is 87.0 Å². The minimum Gasteiger partial charge on any atom is -0.459 e. The van der Waals surface area contributed by atoms with Gasteiger partial charge < -0.3 is 20.1 Å². The summed E-state index contributed by atoms with van der Waals surface area (Å²) < 4.78 is 4.96. The Balaban J connectivity index is 2.44. The maximum absolute atomic E-state index is 11.3. The number of ether oxygens (including phenoxy) is 1. The van der Waals surface area contributed by atoms with E-state index in [1.54, 1.807) is 0 Å². The van der Waals surface area contributed by atoms with Gasteiger partial charge in [0, 0.05) is 0 Å². The van der Waals surface area contributed by atoms with Gasteiger partial charge in [0.15, 0.2) is 0 Å². The van der Waals surface area contributed by atoms with Crippen molar-refractivity contribution in [1.82, 2.24) is 0 Å². The van der Waals surface area contributed by atoms with Crippen LogP contribution in [0.15, 0.2) is 12.2 Å². The fourth-order valence-electron chi connectivity index (χ4n) is 1.54. The molecule has 1 saturated carbocycles. The smallest absolute Gasteiger partial charge is 0.341 e. The van der Waals surface area contributed by atoms with Crippen LogP contribution in [0.3, 0.4) is 0 Å². The molecule has 0 spiro atoms. The Morgan fingerprint density at radius 3 is 2.20 bits per heavy atom. The van der Waals surface area contributed by atoms with Crippen LogP contribution < -0.4 is 0 Å². The number of aliphatic hydroxyl groups is 3. The van der Waals surface area contributed by atoms with Gasteiger partial charge in [-0.15, -0.1) is 0 Å². The van der Waals surface area contributed by atoms with Gasteiger partial charge in [-0.3, -0.25) is 0 Å². The summed E-state index contributed by atoms with van der Waals surface area (Å²) in [5.41, 5.74) is -0.756. The number of carbonyl (C=O) groups is 1. The third-order valence-corrected chi connectivity index (χ3v) is 2.48. The second-order valence-electron chi connectivity index (χ2n) is 3.78. The van der Waals surface area contributed by atoms with Crippen molar-refractivity contribution >= 4 is 5.97 Å². The zero-order valence-electron chi connectivity index (χ0n) is 8.48. The van der Waals surface area contributed by atoms with Gasteiger partial charge >= 0.3 is 11.9 Å². The summed E-state index contributed by atoms with van der Waals surface area (Å²) in [7, 11) is 0. The van der Waals surface area contributed by atoms with E-state index in [9.17, 15) is 4.79 Å². The molecule has 1 rings (SSSR count). The molecule has 0 amide bonds. The van der Waals surface area contributed by atoms with E-state index in [4.69, 9.17) is 20.1 Å². The first-order valence-electron chi connectivity index (χ1n) is 4.98. The van der Waals surface area contributed by atoms with Crippen molar-refractivity contribution in [3.8, 4) is 0 Å². The highest BCUT2D eigenvalue weighted by Gasteiger charge is 2.32. The molecule has 0 unspecified atom stereocenters. The predicted octanol–water partition coefficient (Wildman–Crippen LogP) is 0.0492. The van der Waals surface area contributed by atoms with E-state index in [1.807, 2.05) is 0 Å². The average Bonchev–Trinajstić information content (AvgIpc) is 2.16. The molecule has 1 aliphatic carbocycles. The number of hydrogen-bond donors (Lipinski definition) is 3. The van der Waals surface area contributed by atoms with Crippen LogP contribution in [0.25, 0.3) is 0 Å². The average molecular weight is 216 g/mol. The van der Waals surface area contributed by atoms with E-state index in [0.717, 1.165) is 32.1 Å². The zero-order valence-corrected chi connectivity index (χ0v) is 8.48. The lowest BCUT2D eigenvalue weighted by Crippen LogP contribution is -2.36. The van der Waals surface area contributed by atoms with Crippen LogP contribution >= 0.6 is 0 Å². The standard InChI is InChI=1S/C10H16O5/c1-7(10(12,13)14)9(11)15-8-5-3-2-4-6-8/h8,12-14H,1-6H2. The second kappa shape index (κ2) is 4.74. The fourth-order valence-corrected chi connectivity index (χ4v) is 1.54. The molecule has 5 nitrogen and oxygen atoms in total. The van der Waals surface area contributed by atoms with Crippen LogP contribution in [-0.2, 0) is 9.53 Å². The van der Waals surface area contributed by atoms with E-state index in [0.29, 0.717) is 0 Å². The number of esters is 1. The molecule has 0 radical (unpaired) electrons. The summed E-state index contributed by atoms with van der Waals surface area (Å²) >= 11 is 0. The lowest BCUT2D eigenvalue weighted by atomic mass is 9.98. The highest BCUT2D eigenvalue weighted by atomic mass is 16.7. The number of rotatable bonds is 3. The molecule has 3 N–H and O–H groups in total. The summed E-state index contributed by atoms with van der Waals surface area (Å²) in [5.74, 6) is -4.15. The first-order chi connectivity index (χ1) is 6.91. The molecule has 15 heavy (non-hydrogen) atoms. The molecule has 0 aromatic rings. The van der Waals surface area contributed by atoms with Crippen LogP contribution in [0.1, 0.15) is 32.1 Å². The Kier molecular flexibility index (Phi) is 3.84. The highest BCUT2D eigenvalue weighted by Crippen LogP contribution is 2.22. The maximum Gasteiger partial charge on any atom is 0.341 e. The molecule has 0 atom stereocenters. The van der Waals surface area contributed by atoms with Crippen LogP contribution in [0.4, 0.5) is 0 Å². The monoisotopic (exact) mass is 216 g/mol. The summed E-state index contributed by atoms with van der Waals surface area (Å²) in [6.07, 6.45) is 4.45.